The van der Waals surface area contributed by atoms with Crippen molar-refractivity contribution in [1.29, 1.82) is 0 Å². The zero-order valence-corrected chi connectivity index (χ0v) is 13.3. The van der Waals surface area contributed by atoms with Gasteiger partial charge in [-0.25, -0.2) is 4.98 Å². The summed E-state index contributed by atoms with van der Waals surface area (Å²) in [5.41, 5.74) is 2.61. The predicted molar refractivity (Wildman–Crippen MR) is 93.0 cm³/mol. The normalized spacial score (nSPS) is 11.0. The van der Waals surface area contributed by atoms with Crippen LogP contribution in [0, 0.1) is 6.92 Å². The quantitative estimate of drug-likeness (QED) is 0.584. The molecule has 0 radical (unpaired) electrons. The molecule has 4 rings (SSSR count). The summed E-state index contributed by atoms with van der Waals surface area (Å²) in [5, 5.41) is 4.52. The fourth-order valence-corrected chi connectivity index (χ4v) is 2.80. The number of hydrogen-bond donors (Lipinski definition) is 0. The minimum Gasteiger partial charge on any atom is -0.288 e. The van der Waals surface area contributed by atoms with Crippen LogP contribution in [0.5, 0.6) is 0 Å². The average molecular weight is 316 g/mol. The Bertz CT molecular complexity index is 1050. The molecule has 0 saturated heterocycles. The third kappa shape index (κ3) is 2.50. The Morgan fingerprint density at radius 2 is 1.62 bits per heavy atom. The zero-order valence-electron chi connectivity index (χ0n) is 13.3. The number of rotatable bonds is 3. The monoisotopic (exact) mass is 316 g/mol. The molecule has 0 saturated carbocycles. The molecule has 0 atom stereocenters. The average Bonchev–Trinajstić information content (AvgIpc) is 2.95. The first-order valence-electron chi connectivity index (χ1n) is 7.79. The van der Waals surface area contributed by atoms with Gasteiger partial charge in [-0.15, -0.1) is 5.10 Å². The third-order valence-electron chi connectivity index (χ3n) is 3.91. The highest BCUT2D eigenvalue weighted by Crippen LogP contribution is 2.20. The second-order valence-corrected chi connectivity index (χ2v) is 5.71. The summed E-state index contributed by atoms with van der Waals surface area (Å²) >= 11 is 0. The molecule has 2 aromatic heterocycles. The van der Waals surface area contributed by atoms with E-state index in [0.717, 1.165) is 17.0 Å². The third-order valence-corrected chi connectivity index (χ3v) is 3.91. The lowest BCUT2D eigenvalue weighted by Gasteiger charge is -2.08. The van der Waals surface area contributed by atoms with Gasteiger partial charge in [-0.1, -0.05) is 60.7 Å². The van der Waals surface area contributed by atoms with E-state index in [4.69, 9.17) is 0 Å². The standard InChI is InChI=1S/C19H16N4O/c1-14-12-17(24)23-19(20-14)22(13-15-8-4-2-5-9-15)18(21-23)16-10-6-3-7-11-16/h2-12H,13H2,1H3. The maximum Gasteiger partial charge on any atom is 0.275 e. The molecule has 0 bridgehead atoms. The lowest BCUT2D eigenvalue weighted by Crippen LogP contribution is -2.15. The van der Waals surface area contributed by atoms with Crippen molar-refractivity contribution in [1.82, 2.24) is 19.2 Å². The molecule has 0 N–H and O–H groups in total. The molecular formula is C19H16N4O. The van der Waals surface area contributed by atoms with Crippen molar-refractivity contribution in [2.45, 2.75) is 13.5 Å². The van der Waals surface area contributed by atoms with Crippen molar-refractivity contribution < 1.29 is 0 Å². The number of hydrogen-bond acceptors (Lipinski definition) is 3. The van der Waals surface area contributed by atoms with Crippen molar-refractivity contribution in [3.63, 3.8) is 0 Å². The number of aromatic nitrogens is 4. The SMILES string of the molecule is Cc1cc(=O)n2nc(-c3ccccc3)n(Cc3ccccc3)c2n1. The fraction of sp³-hybridized carbons (Fsp3) is 0.105. The topological polar surface area (TPSA) is 52.2 Å². The molecule has 4 aromatic rings. The van der Waals surface area contributed by atoms with E-state index in [0.29, 0.717) is 18.0 Å². The van der Waals surface area contributed by atoms with E-state index < -0.39 is 0 Å². The lowest BCUT2D eigenvalue weighted by molar-refractivity contribution is 0.812. The highest BCUT2D eigenvalue weighted by molar-refractivity contribution is 5.58. The molecule has 5 nitrogen and oxygen atoms in total. The number of benzene rings is 2. The summed E-state index contributed by atoms with van der Waals surface area (Å²) in [6.07, 6.45) is 0. The highest BCUT2D eigenvalue weighted by atomic mass is 16.1. The Hall–Kier alpha value is -3.21. The van der Waals surface area contributed by atoms with Gasteiger partial charge in [0.25, 0.3) is 5.56 Å². The second-order valence-electron chi connectivity index (χ2n) is 5.71. The van der Waals surface area contributed by atoms with Crippen molar-refractivity contribution in [2.24, 2.45) is 0 Å². The Kier molecular flexibility index (Phi) is 3.46. The molecule has 0 aliphatic rings. The molecule has 0 fully saturated rings. The first-order valence-corrected chi connectivity index (χ1v) is 7.79. The van der Waals surface area contributed by atoms with E-state index in [2.05, 4.69) is 22.2 Å². The van der Waals surface area contributed by atoms with Crippen LogP contribution in [0.15, 0.2) is 71.5 Å². The minimum atomic E-state index is -0.165. The van der Waals surface area contributed by atoms with Gasteiger partial charge in [-0.2, -0.15) is 4.52 Å². The van der Waals surface area contributed by atoms with Gasteiger partial charge in [0.15, 0.2) is 5.82 Å². The second kappa shape index (κ2) is 5.77. The summed E-state index contributed by atoms with van der Waals surface area (Å²) in [7, 11) is 0. The first-order chi connectivity index (χ1) is 11.7. The summed E-state index contributed by atoms with van der Waals surface area (Å²) in [5.74, 6) is 1.29. The summed E-state index contributed by atoms with van der Waals surface area (Å²) in [6.45, 7) is 2.42. The van der Waals surface area contributed by atoms with Gasteiger partial charge in [-0.05, 0) is 12.5 Å². The Balaban J connectivity index is 1.99. The largest absolute Gasteiger partial charge is 0.288 e. The van der Waals surface area contributed by atoms with Crippen molar-refractivity contribution in [2.75, 3.05) is 0 Å². The first kappa shape index (κ1) is 14.4. The predicted octanol–water partition coefficient (Wildman–Crippen LogP) is 2.91. The molecule has 2 heterocycles. The van der Waals surface area contributed by atoms with Crippen LogP contribution in [0.3, 0.4) is 0 Å². The van der Waals surface area contributed by atoms with E-state index >= 15 is 0 Å². The fourth-order valence-electron chi connectivity index (χ4n) is 2.80. The number of fused-ring (bicyclic) bond motifs is 1. The molecule has 24 heavy (non-hydrogen) atoms. The number of nitrogens with zero attached hydrogens (tertiary/aromatic N) is 4. The van der Waals surface area contributed by atoms with Crippen molar-refractivity contribution >= 4 is 5.78 Å². The smallest absolute Gasteiger partial charge is 0.275 e. The summed E-state index contributed by atoms with van der Waals surface area (Å²) in [4.78, 5) is 16.8. The van der Waals surface area contributed by atoms with Crippen molar-refractivity contribution in [3.8, 4) is 11.4 Å². The lowest BCUT2D eigenvalue weighted by atomic mass is 10.2. The molecular weight excluding hydrogens is 300 g/mol. The van der Waals surface area contributed by atoms with Gasteiger partial charge >= 0.3 is 0 Å². The van der Waals surface area contributed by atoms with E-state index in [-0.39, 0.29) is 5.56 Å². The van der Waals surface area contributed by atoms with Crippen LogP contribution < -0.4 is 5.56 Å². The van der Waals surface area contributed by atoms with Crippen LogP contribution in [0.4, 0.5) is 0 Å². The van der Waals surface area contributed by atoms with Gasteiger partial charge < -0.3 is 0 Å². The van der Waals surface area contributed by atoms with Crippen LogP contribution in [-0.4, -0.2) is 19.2 Å². The van der Waals surface area contributed by atoms with Gasteiger partial charge in [0.2, 0.25) is 5.78 Å². The Morgan fingerprint density at radius 1 is 0.958 bits per heavy atom. The number of aryl methyl sites for hydroxylation is 1. The molecule has 5 heteroatoms. The van der Waals surface area contributed by atoms with E-state index in [1.807, 2.05) is 60.0 Å². The van der Waals surface area contributed by atoms with Crippen molar-refractivity contribution in [3.05, 3.63) is 88.3 Å². The van der Waals surface area contributed by atoms with Gasteiger partial charge in [0.1, 0.15) is 0 Å². The molecule has 0 aliphatic carbocycles. The van der Waals surface area contributed by atoms with Crippen LogP contribution in [0.25, 0.3) is 17.2 Å². The van der Waals surface area contributed by atoms with Gasteiger partial charge in [-0.3, -0.25) is 9.36 Å². The summed E-state index contributed by atoms with van der Waals surface area (Å²) < 4.78 is 3.36. The molecule has 0 aliphatic heterocycles. The molecule has 118 valence electrons. The van der Waals surface area contributed by atoms with Crippen LogP contribution in [0.1, 0.15) is 11.3 Å². The minimum absolute atomic E-state index is 0.165. The zero-order chi connectivity index (χ0) is 16.5. The Labute approximate surface area is 138 Å². The van der Waals surface area contributed by atoms with E-state index in [9.17, 15) is 4.79 Å². The molecule has 2 aromatic carbocycles. The molecule has 0 unspecified atom stereocenters. The summed E-state index contributed by atoms with van der Waals surface area (Å²) in [6, 6.07) is 21.5. The van der Waals surface area contributed by atoms with E-state index in [1.165, 1.54) is 10.6 Å². The Morgan fingerprint density at radius 3 is 2.33 bits per heavy atom. The molecule has 0 amide bonds. The molecule has 0 spiro atoms. The van der Waals surface area contributed by atoms with Gasteiger partial charge in [0.05, 0.1) is 6.54 Å². The maximum absolute atomic E-state index is 12.3. The van der Waals surface area contributed by atoms with E-state index in [1.54, 1.807) is 0 Å². The van der Waals surface area contributed by atoms with Crippen LogP contribution in [0.2, 0.25) is 0 Å². The van der Waals surface area contributed by atoms with Crippen LogP contribution in [-0.2, 0) is 6.54 Å². The highest BCUT2D eigenvalue weighted by Gasteiger charge is 2.15. The van der Waals surface area contributed by atoms with Crippen LogP contribution >= 0.6 is 0 Å². The van der Waals surface area contributed by atoms with Gasteiger partial charge in [0, 0.05) is 17.3 Å². The maximum atomic E-state index is 12.3.